The molecule has 0 fully saturated rings. The summed E-state index contributed by atoms with van der Waals surface area (Å²) in [6, 6.07) is 22.9. The van der Waals surface area contributed by atoms with E-state index in [0.29, 0.717) is 41.7 Å². The van der Waals surface area contributed by atoms with Crippen molar-refractivity contribution < 1.29 is 9.53 Å². The molecule has 5 N–H and O–H groups in total. The van der Waals surface area contributed by atoms with Gasteiger partial charge in [-0.2, -0.15) is 5.10 Å². The van der Waals surface area contributed by atoms with Gasteiger partial charge in [-0.25, -0.2) is 9.67 Å². The largest absolute Gasteiger partial charge is 0.457 e. The average molecular weight is 496 g/mol. The lowest BCUT2D eigenvalue weighted by atomic mass is 10.1. The van der Waals surface area contributed by atoms with E-state index in [1.165, 1.54) is 0 Å². The average Bonchev–Trinajstić information content (AvgIpc) is 3.13. The molecule has 3 aromatic carbocycles. The number of nitrogens with one attached hydrogen (secondary N) is 1. The Bertz CT molecular complexity index is 1460. The molecule has 0 radical (unpaired) electrons. The molecule has 1 aliphatic heterocycles. The van der Waals surface area contributed by atoms with Crippen LogP contribution < -0.4 is 21.5 Å². The van der Waals surface area contributed by atoms with Gasteiger partial charge in [0.05, 0.1) is 12.2 Å². The normalized spacial score (nSPS) is 12.9. The first-order chi connectivity index (χ1) is 17.9. The second kappa shape index (κ2) is 10.2. The maximum absolute atomic E-state index is 12.6. The number of carbonyl (C=O) groups is 1. The van der Waals surface area contributed by atoms with Crippen LogP contribution in [0.2, 0.25) is 0 Å². The van der Waals surface area contributed by atoms with Gasteiger partial charge < -0.3 is 26.4 Å². The number of nitrogens with two attached hydrogens (primary N) is 2. The van der Waals surface area contributed by atoms with Gasteiger partial charge in [0.15, 0.2) is 0 Å². The fourth-order valence-corrected chi connectivity index (χ4v) is 4.34. The van der Waals surface area contributed by atoms with Gasteiger partial charge in [-0.15, -0.1) is 0 Å². The van der Waals surface area contributed by atoms with E-state index in [1.54, 1.807) is 4.68 Å². The minimum atomic E-state index is -0.554. The fourth-order valence-electron chi connectivity index (χ4n) is 4.34. The van der Waals surface area contributed by atoms with Crippen molar-refractivity contribution in [1.29, 1.82) is 0 Å². The Balaban J connectivity index is 1.46. The SMILES string of the molecule is CN(C)CC(N)=Nc1ccc2c(c1)Nc1c(C(N)=O)c(-c3ccc(Oc4ccccc4)cc3)nn1CC2. The van der Waals surface area contributed by atoms with E-state index in [2.05, 4.69) is 10.3 Å². The standard InChI is InChI=1S/C28H29N7O2/c1-34(2)17-24(29)31-20-11-8-18-14-15-35-28(32-23(18)16-20)25(27(30)36)26(33-35)19-9-12-22(13-10-19)37-21-6-4-3-5-7-21/h3-13,16,32H,14-15,17H2,1-2H3,(H2,29,31)(H2,30,36). The molecule has 5 rings (SSSR count). The maximum Gasteiger partial charge on any atom is 0.254 e. The maximum atomic E-state index is 12.6. The van der Waals surface area contributed by atoms with E-state index in [4.69, 9.17) is 21.3 Å². The Morgan fingerprint density at radius 3 is 2.49 bits per heavy atom. The molecule has 1 aliphatic rings. The van der Waals surface area contributed by atoms with Crippen molar-refractivity contribution in [1.82, 2.24) is 14.7 Å². The highest BCUT2D eigenvalue weighted by Crippen LogP contribution is 2.36. The number of benzene rings is 3. The number of rotatable bonds is 7. The minimum Gasteiger partial charge on any atom is -0.457 e. The molecular weight excluding hydrogens is 466 g/mol. The molecule has 0 saturated heterocycles. The summed E-state index contributed by atoms with van der Waals surface area (Å²) in [7, 11) is 3.88. The van der Waals surface area contributed by atoms with Crippen LogP contribution in [0.4, 0.5) is 17.2 Å². The van der Waals surface area contributed by atoms with Crippen molar-refractivity contribution in [3.8, 4) is 22.8 Å². The third-order valence-electron chi connectivity index (χ3n) is 6.00. The monoisotopic (exact) mass is 495 g/mol. The number of hydrogen-bond donors (Lipinski definition) is 3. The summed E-state index contributed by atoms with van der Waals surface area (Å²) in [5.41, 5.74) is 16.2. The Kier molecular flexibility index (Phi) is 6.61. The lowest BCUT2D eigenvalue weighted by molar-refractivity contribution is 0.100. The van der Waals surface area contributed by atoms with Gasteiger partial charge in [0, 0.05) is 17.8 Å². The van der Waals surface area contributed by atoms with Crippen molar-refractivity contribution in [2.75, 3.05) is 26.0 Å². The van der Waals surface area contributed by atoms with E-state index >= 15 is 0 Å². The van der Waals surface area contributed by atoms with Crippen molar-refractivity contribution >= 4 is 28.9 Å². The molecule has 0 spiro atoms. The summed E-state index contributed by atoms with van der Waals surface area (Å²) in [6.07, 6.45) is 0.732. The first kappa shape index (κ1) is 24.1. The summed E-state index contributed by atoms with van der Waals surface area (Å²) in [4.78, 5) is 19.1. The fraction of sp³-hybridized carbons (Fsp3) is 0.179. The van der Waals surface area contributed by atoms with Gasteiger partial charge in [-0.1, -0.05) is 24.3 Å². The van der Waals surface area contributed by atoms with Gasteiger partial charge in [-0.3, -0.25) is 4.79 Å². The number of aryl methyl sites for hydroxylation is 2. The van der Waals surface area contributed by atoms with E-state index in [9.17, 15) is 4.79 Å². The van der Waals surface area contributed by atoms with Crippen molar-refractivity contribution in [3.63, 3.8) is 0 Å². The molecule has 0 unspecified atom stereocenters. The number of amides is 1. The predicted molar refractivity (Wildman–Crippen MR) is 146 cm³/mol. The van der Waals surface area contributed by atoms with E-state index in [1.807, 2.05) is 91.8 Å². The van der Waals surface area contributed by atoms with Gasteiger partial charge in [0.2, 0.25) is 0 Å². The van der Waals surface area contributed by atoms with Crippen LogP contribution in [0.1, 0.15) is 15.9 Å². The minimum absolute atomic E-state index is 0.339. The number of para-hydroxylation sites is 1. The highest BCUT2D eigenvalue weighted by molar-refractivity contribution is 6.04. The van der Waals surface area contributed by atoms with Crippen LogP contribution in [0.3, 0.4) is 0 Å². The van der Waals surface area contributed by atoms with Crippen LogP contribution in [0.25, 0.3) is 11.3 Å². The molecule has 0 saturated carbocycles. The van der Waals surface area contributed by atoms with Crippen molar-refractivity contribution in [2.24, 2.45) is 16.5 Å². The van der Waals surface area contributed by atoms with Crippen LogP contribution in [0.5, 0.6) is 11.5 Å². The number of ether oxygens (including phenoxy) is 1. The third-order valence-corrected chi connectivity index (χ3v) is 6.00. The molecule has 2 heterocycles. The Morgan fingerprint density at radius 1 is 1.05 bits per heavy atom. The molecule has 9 heteroatoms. The third kappa shape index (κ3) is 5.31. The smallest absolute Gasteiger partial charge is 0.254 e. The number of hydrogen-bond acceptors (Lipinski definition) is 6. The molecule has 1 aromatic heterocycles. The van der Waals surface area contributed by atoms with Crippen LogP contribution >= 0.6 is 0 Å². The van der Waals surface area contributed by atoms with E-state index in [0.717, 1.165) is 34.7 Å². The molecule has 9 nitrogen and oxygen atoms in total. The van der Waals surface area contributed by atoms with Gasteiger partial charge in [-0.05, 0) is 74.6 Å². The second-order valence-corrected chi connectivity index (χ2v) is 9.16. The molecule has 0 bridgehead atoms. The second-order valence-electron chi connectivity index (χ2n) is 9.16. The number of aromatic nitrogens is 2. The highest BCUT2D eigenvalue weighted by Gasteiger charge is 2.26. The molecule has 4 aromatic rings. The molecule has 1 amide bonds. The summed E-state index contributed by atoms with van der Waals surface area (Å²) in [6.45, 7) is 1.15. The number of aliphatic imine (C=N–C) groups is 1. The van der Waals surface area contributed by atoms with E-state index in [-0.39, 0.29) is 0 Å². The number of carbonyl (C=O) groups excluding carboxylic acids is 1. The number of likely N-dealkylation sites (N-methyl/N-ethyl adjacent to an activating group) is 1. The highest BCUT2D eigenvalue weighted by atomic mass is 16.5. The van der Waals surface area contributed by atoms with Gasteiger partial charge in [0.25, 0.3) is 5.91 Å². The van der Waals surface area contributed by atoms with Gasteiger partial charge >= 0.3 is 0 Å². The molecule has 37 heavy (non-hydrogen) atoms. The number of amidine groups is 1. The van der Waals surface area contributed by atoms with Crippen LogP contribution in [0.15, 0.2) is 77.8 Å². The summed E-state index contributed by atoms with van der Waals surface area (Å²) < 4.78 is 7.69. The summed E-state index contributed by atoms with van der Waals surface area (Å²) in [5, 5.41) is 8.16. The quantitative estimate of drug-likeness (QED) is 0.260. The zero-order chi connectivity index (χ0) is 25.9. The number of anilines is 2. The molecule has 188 valence electrons. The molecular formula is C28H29N7O2. The summed E-state index contributed by atoms with van der Waals surface area (Å²) in [5.74, 6) is 1.96. The predicted octanol–water partition coefficient (Wildman–Crippen LogP) is 4.29. The Labute approximate surface area is 215 Å². The summed E-state index contributed by atoms with van der Waals surface area (Å²) >= 11 is 0. The first-order valence-electron chi connectivity index (χ1n) is 12.0. The lowest BCUT2D eigenvalue weighted by Crippen LogP contribution is -2.27. The van der Waals surface area contributed by atoms with Crippen LogP contribution in [-0.2, 0) is 13.0 Å². The molecule has 0 atom stereocenters. The zero-order valence-corrected chi connectivity index (χ0v) is 20.8. The zero-order valence-electron chi connectivity index (χ0n) is 20.8. The van der Waals surface area contributed by atoms with Gasteiger partial charge in [0.1, 0.15) is 34.4 Å². The van der Waals surface area contributed by atoms with Crippen molar-refractivity contribution in [3.05, 3.63) is 83.9 Å². The Hall–Kier alpha value is -4.63. The Morgan fingerprint density at radius 2 is 1.78 bits per heavy atom. The first-order valence-corrected chi connectivity index (χ1v) is 12.0. The van der Waals surface area contributed by atoms with E-state index < -0.39 is 5.91 Å². The number of fused-ring (bicyclic) bond motifs is 2. The van der Waals surface area contributed by atoms with Crippen LogP contribution in [-0.4, -0.2) is 47.1 Å². The topological polar surface area (TPSA) is 124 Å². The van der Waals surface area contributed by atoms with Crippen LogP contribution in [0, 0.1) is 0 Å². The van der Waals surface area contributed by atoms with Crippen molar-refractivity contribution in [2.45, 2.75) is 13.0 Å². The lowest BCUT2D eigenvalue weighted by Gasteiger charge is -2.11. The number of nitrogens with zero attached hydrogens (tertiary/aromatic N) is 4. The molecule has 0 aliphatic carbocycles. The number of primary amides is 1.